The van der Waals surface area contributed by atoms with Crippen LogP contribution in [0.1, 0.15) is 35.7 Å². The van der Waals surface area contributed by atoms with Gasteiger partial charge in [0.05, 0.1) is 5.75 Å². The number of amides is 2. The second-order valence-corrected chi connectivity index (χ2v) is 8.59. The van der Waals surface area contributed by atoms with Gasteiger partial charge in [-0.15, -0.1) is 11.8 Å². The van der Waals surface area contributed by atoms with E-state index in [2.05, 4.69) is 24.5 Å². The summed E-state index contributed by atoms with van der Waals surface area (Å²) in [5, 5.41) is 6.28. The van der Waals surface area contributed by atoms with Crippen molar-refractivity contribution in [1.82, 2.24) is 0 Å². The number of benzene rings is 3. The summed E-state index contributed by atoms with van der Waals surface area (Å²) >= 11 is 7.36. The van der Waals surface area contributed by atoms with Gasteiger partial charge in [0.25, 0.3) is 5.91 Å². The molecule has 3 aromatic rings. The van der Waals surface area contributed by atoms with Crippen molar-refractivity contribution in [3.8, 4) is 0 Å². The molecule has 4 nitrogen and oxygen atoms in total. The van der Waals surface area contributed by atoms with E-state index in [0.717, 1.165) is 10.6 Å². The zero-order valence-electron chi connectivity index (χ0n) is 16.8. The number of carbonyl (C=O) groups excluding carboxylic acids is 2. The Morgan fingerprint density at radius 3 is 2.33 bits per heavy atom. The van der Waals surface area contributed by atoms with Crippen LogP contribution in [-0.2, 0) is 4.79 Å². The Balaban J connectivity index is 1.54. The van der Waals surface area contributed by atoms with Crippen LogP contribution in [0.3, 0.4) is 0 Å². The molecule has 0 saturated carbocycles. The number of hydrogen-bond acceptors (Lipinski definition) is 3. The molecule has 0 aliphatic carbocycles. The summed E-state index contributed by atoms with van der Waals surface area (Å²) in [5.41, 5.74) is 3.17. The second kappa shape index (κ2) is 10.3. The number of carbonyl (C=O) groups is 2. The molecule has 6 heteroatoms. The number of nitrogens with one attached hydrogen (secondary N) is 2. The van der Waals surface area contributed by atoms with Gasteiger partial charge < -0.3 is 10.6 Å². The van der Waals surface area contributed by atoms with Gasteiger partial charge in [-0.1, -0.05) is 49.7 Å². The monoisotopic (exact) mass is 438 g/mol. The van der Waals surface area contributed by atoms with E-state index in [0.29, 0.717) is 22.2 Å². The van der Waals surface area contributed by atoms with Crippen molar-refractivity contribution in [2.75, 3.05) is 16.4 Å². The third-order valence-electron chi connectivity index (χ3n) is 4.41. The summed E-state index contributed by atoms with van der Waals surface area (Å²) in [6.07, 6.45) is 0. The lowest BCUT2D eigenvalue weighted by Crippen LogP contribution is -2.14. The molecule has 0 bridgehead atoms. The normalized spacial score (nSPS) is 10.7. The highest BCUT2D eigenvalue weighted by molar-refractivity contribution is 8.00. The van der Waals surface area contributed by atoms with E-state index in [-0.39, 0.29) is 17.6 Å². The molecule has 154 valence electrons. The fraction of sp³-hybridized carbons (Fsp3) is 0.167. The Bertz CT molecular complexity index is 1040. The molecule has 0 heterocycles. The summed E-state index contributed by atoms with van der Waals surface area (Å²) in [7, 11) is 0. The molecule has 2 amide bonds. The van der Waals surface area contributed by atoms with Gasteiger partial charge in [-0.25, -0.2) is 0 Å². The fourth-order valence-electron chi connectivity index (χ4n) is 2.79. The molecule has 0 aromatic heterocycles. The number of thioether (sulfide) groups is 1. The maximum Gasteiger partial charge on any atom is 0.255 e. The first kappa shape index (κ1) is 21.9. The smallest absolute Gasteiger partial charge is 0.255 e. The van der Waals surface area contributed by atoms with Crippen LogP contribution >= 0.6 is 23.4 Å². The van der Waals surface area contributed by atoms with Crippen molar-refractivity contribution in [2.24, 2.45) is 0 Å². The molecule has 0 aliphatic heterocycles. The summed E-state index contributed by atoms with van der Waals surface area (Å²) in [6, 6.07) is 22.1. The first-order valence-corrected chi connectivity index (χ1v) is 11.0. The Hall–Kier alpha value is -2.76. The molecule has 2 N–H and O–H groups in total. The van der Waals surface area contributed by atoms with E-state index in [1.165, 1.54) is 17.3 Å². The number of rotatable bonds is 7. The Kier molecular flexibility index (Phi) is 7.55. The molecule has 0 unspecified atom stereocenters. The van der Waals surface area contributed by atoms with Crippen molar-refractivity contribution in [2.45, 2.75) is 24.7 Å². The molecular formula is C24H23ClN2O2S. The molecule has 0 spiro atoms. The minimum Gasteiger partial charge on any atom is -0.325 e. The van der Waals surface area contributed by atoms with Crippen molar-refractivity contribution >= 4 is 46.6 Å². The molecule has 3 rings (SSSR count). The first-order chi connectivity index (χ1) is 14.4. The Morgan fingerprint density at radius 2 is 1.63 bits per heavy atom. The van der Waals surface area contributed by atoms with Crippen molar-refractivity contribution in [1.29, 1.82) is 0 Å². The predicted molar refractivity (Wildman–Crippen MR) is 126 cm³/mol. The summed E-state index contributed by atoms with van der Waals surface area (Å²) in [5.74, 6) is 0.419. The molecule has 3 aromatic carbocycles. The van der Waals surface area contributed by atoms with Gasteiger partial charge in [-0.2, -0.15) is 0 Å². The van der Waals surface area contributed by atoms with E-state index in [4.69, 9.17) is 11.6 Å². The summed E-state index contributed by atoms with van der Waals surface area (Å²) in [6.45, 7) is 4.27. The lowest BCUT2D eigenvalue weighted by Gasteiger charge is -2.09. The van der Waals surface area contributed by atoms with Crippen LogP contribution < -0.4 is 10.6 Å². The standard InChI is InChI=1S/C24H23ClN2O2S/c1-16(2)17-9-11-20(12-10-17)26-23(28)15-30-22-8-4-7-21(14-22)27-24(29)18-5-3-6-19(25)13-18/h3-14,16H,15H2,1-2H3,(H,26,28)(H,27,29). The number of anilines is 2. The number of hydrogen-bond donors (Lipinski definition) is 2. The van der Waals surface area contributed by atoms with E-state index in [1.54, 1.807) is 24.3 Å². The average Bonchev–Trinajstić information content (AvgIpc) is 2.73. The molecule has 30 heavy (non-hydrogen) atoms. The van der Waals surface area contributed by atoms with Crippen LogP contribution in [0.15, 0.2) is 77.7 Å². The molecule has 0 atom stereocenters. The van der Waals surface area contributed by atoms with E-state index >= 15 is 0 Å². The van der Waals surface area contributed by atoms with Crippen LogP contribution in [0, 0.1) is 0 Å². The first-order valence-electron chi connectivity index (χ1n) is 9.60. The van der Waals surface area contributed by atoms with Crippen LogP contribution in [0.5, 0.6) is 0 Å². The SMILES string of the molecule is CC(C)c1ccc(NC(=O)CSc2cccc(NC(=O)c3cccc(Cl)c3)c2)cc1. The van der Waals surface area contributed by atoms with Crippen molar-refractivity contribution in [3.05, 3.63) is 88.9 Å². The molecule has 0 fully saturated rings. The van der Waals surface area contributed by atoms with E-state index < -0.39 is 0 Å². The zero-order chi connectivity index (χ0) is 21.5. The molecular weight excluding hydrogens is 416 g/mol. The Labute approximate surface area is 186 Å². The highest BCUT2D eigenvalue weighted by atomic mass is 35.5. The minimum absolute atomic E-state index is 0.0781. The van der Waals surface area contributed by atoms with Gasteiger partial charge in [0.15, 0.2) is 0 Å². The largest absolute Gasteiger partial charge is 0.325 e. The minimum atomic E-state index is -0.234. The quantitative estimate of drug-likeness (QED) is 0.417. The van der Waals surface area contributed by atoms with Gasteiger partial charge in [0.1, 0.15) is 0 Å². The summed E-state index contributed by atoms with van der Waals surface area (Å²) in [4.78, 5) is 25.5. The highest BCUT2D eigenvalue weighted by Crippen LogP contribution is 2.23. The van der Waals surface area contributed by atoms with Crippen LogP contribution in [0.2, 0.25) is 5.02 Å². The van der Waals surface area contributed by atoms with Gasteiger partial charge in [0, 0.05) is 26.9 Å². The van der Waals surface area contributed by atoms with E-state index in [9.17, 15) is 9.59 Å². The predicted octanol–water partition coefficient (Wildman–Crippen LogP) is 6.45. The van der Waals surface area contributed by atoms with Crippen LogP contribution in [-0.4, -0.2) is 17.6 Å². The molecule has 0 aliphatic rings. The van der Waals surface area contributed by atoms with Gasteiger partial charge in [0.2, 0.25) is 5.91 Å². The van der Waals surface area contributed by atoms with E-state index in [1.807, 2.05) is 48.5 Å². The fourth-order valence-corrected chi connectivity index (χ4v) is 3.74. The average molecular weight is 439 g/mol. The molecule has 0 saturated heterocycles. The zero-order valence-corrected chi connectivity index (χ0v) is 18.4. The van der Waals surface area contributed by atoms with Crippen molar-refractivity contribution < 1.29 is 9.59 Å². The lowest BCUT2D eigenvalue weighted by atomic mass is 10.0. The Morgan fingerprint density at radius 1 is 0.900 bits per heavy atom. The number of halogens is 1. The van der Waals surface area contributed by atoms with Gasteiger partial charge in [-0.05, 0) is 60.0 Å². The lowest BCUT2D eigenvalue weighted by molar-refractivity contribution is -0.113. The van der Waals surface area contributed by atoms with Crippen molar-refractivity contribution in [3.63, 3.8) is 0 Å². The third-order valence-corrected chi connectivity index (χ3v) is 5.64. The topological polar surface area (TPSA) is 58.2 Å². The second-order valence-electron chi connectivity index (χ2n) is 7.11. The van der Waals surface area contributed by atoms with Gasteiger partial charge in [-0.3, -0.25) is 9.59 Å². The third kappa shape index (κ3) is 6.37. The van der Waals surface area contributed by atoms with Crippen LogP contribution in [0.4, 0.5) is 11.4 Å². The molecule has 0 radical (unpaired) electrons. The summed E-state index contributed by atoms with van der Waals surface area (Å²) < 4.78 is 0. The van der Waals surface area contributed by atoms with Gasteiger partial charge >= 0.3 is 0 Å². The maximum absolute atomic E-state index is 12.4. The maximum atomic E-state index is 12.4. The van der Waals surface area contributed by atoms with Crippen LogP contribution in [0.25, 0.3) is 0 Å². The highest BCUT2D eigenvalue weighted by Gasteiger charge is 2.09.